The SMILES string of the molecule is C.C=C.O=Cc1ccccc1OC(=O)Oc1ccccc1C=O. The number of aldehydes is 2. The Morgan fingerprint density at radius 3 is 1.48 bits per heavy atom. The minimum Gasteiger partial charge on any atom is -0.394 e. The normalized spacial score (nSPS) is 8.52. The van der Waals surface area contributed by atoms with Crippen LogP contribution in [0, 0.1) is 0 Å². The summed E-state index contributed by atoms with van der Waals surface area (Å²) in [5, 5.41) is 0. The van der Waals surface area contributed by atoms with E-state index in [1.54, 1.807) is 24.3 Å². The summed E-state index contributed by atoms with van der Waals surface area (Å²) in [4.78, 5) is 33.2. The fraction of sp³-hybridized carbons (Fsp3) is 0.0556. The van der Waals surface area contributed by atoms with Gasteiger partial charge in [-0.25, -0.2) is 4.79 Å². The van der Waals surface area contributed by atoms with Crippen LogP contribution in [0.2, 0.25) is 0 Å². The Morgan fingerprint density at radius 2 is 1.13 bits per heavy atom. The molecule has 120 valence electrons. The van der Waals surface area contributed by atoms with E-state index in [-0.39, 0.29) is 30.1 Å². The molecule has 0 spiro atoms. The number of ether oxygens (including phenoxy) is 2. The largest absolute Gasteiger partial charge is 0.519 e. The molecule has 0 bridgehead atoms. The molecule has 0 saturated carbocycles. The molecule has 2 rings (SSSR count). The van der Waals surface area contributed by atoms with Crippen molar-refractivity contribution < 1.29 is 23.9 Å². The summed E-state index contributed by atoms with van der Waals surface area (Å²) < 4.78 is 9.86. The number of carbonyl (C=O) groups is 3. The van der Waals surface area contributed by atoms with Crippen molar-refractivity contribution in [2.75, 3.05) is 0 Å². The Balaban J connectivity index is 0.00000155. The Morgan fingerprint density at radius 1 is 0.783 bits per heavy atom. The van der Waals surface area contributed by atoms with Crippen LogP contribution < -0.4 is 9.47 Å². The smallest absolute Gasteiger partial charge is 0.394 e. The Hall–Kier alpha value is -3.21. The lowest BCUT2D eigenvalue weighted by Crippen LogP contribution is -2.15. The van der Waals surface area contributed by atoms with Crippen LogP contribution >= 0.6 is 0 Å². The molecule has 0 heterocycles. The van der Waals surface area contributed by atoms with E-state index >= 15 is 0 Å². The average molecular weight is 314 g/mol. The minimum absolute atomic E-state index is 0. The number of benzene rings is 2. The van der Waals surface area contributed by atoms with Crippen molar-refractivity contribution in [1.29, 1.82) is 0 Å². The first-order chi connectivity index (χ1) is 10.7. The van der Waals surface area contributed by atoms with Crippen LogP contribution in [0.1, 0.15) is 28.1 Å². The highest BCUT2D eigenvalue weighted by Gasteiger charge is 2.12. The third kappa shape index (κ3) is 5.59. The molecule has 0 atom stereocenters. The van der Waals surface area contributed by atoms with Gasteiger partial charge < -0.3 is 9.47 Å². The van der Waals surface area contributed by atoms with E-state index in [2.05, 4.69) is 13.2 Å². The topological polar surface area (TPSA) is 69.7 Å². The molecular formula is C18H18O5. The van der Waals surface area contributed by atoms with Gasteiger partial charge in [0.15, 0.2) is 12.6 Å². The highest BCUT2D eigenvalue weighted by atomic mass is 16.7. The summed E-state index contributed by atoms with van der Waals surface area (Å²) in [7, 11) is 0. The highest BCUT2D eigenvalue weighted by Crippen LogP contribution is 2.19. The molecule has 5 nitrogen and oxygen atoms in total. The molecule has 23 heavy (non-hydrogen) atoms. The van der Waals surface area contributed by atoms with Crippen LogP contribution in [0.25, 0.3) is 0 Å². The fourth-order valence-electron chi connectivity index (χ4n) is 1.54. The lowest BCUT2D eigenvalue weighted by Gasteiger charge is -2.08. The number of hydrogen-bond donors (Lipinski definition) is 0. The maximum atomic E-state index is 11.6. The zero-order valence-corrected chi connectivity index (χ0v) is 11.7. The van der Waals surface area contributed by atoms with Crippen molar-refractivity contribution in [3.8, 4) is 11.5 Å². The van der Waals surface area contributed by atoms with Gasteiger partial charge in [0.05, 0.1) is 11.1 Å². The molecule has 0 radical (unpaired) electrons. The van der Waals surface area contributed by atoms with Crippen molar-refractivity contribution >= 4 is 18.7 Å². The van der Waals surface area contributed by atoms with E-state index in [0.29, 0.717) is 12.6 Å². The first-order valence-electron chi connectivity index (χ1n) is 6.22. The van der Waals surface area contributed by atoms with Gasteiger partial charge in [0.2, 0.25) is 0 Å². The van der Waals surface area contributed by atoms with Gasteiger partial charge in [-0.3, -0.25) is 9.59 Å². The molecular weight excluding hydrogens is 296 g/mol. The van der Waals surface area contributed by atoms with Gasteiger partial charge in [-0.2, -0.15) is 0 Å². The standard InChI is InChI=1S/C15H10O5.C2H4.CH4/c16-9-11-5-1-3-7-13(11)19-15(18)20-14-8-4-2-6-12(14)10-17;1-2;/h1-10H;1-2H2;1H4. The van der Waals surface area contributed by atoms with Gasteiger partial charge in [-0.15, -0.1) is 13.2 Å². The number of rotatable bonds is 4. The molecule has 0 fully saturated rings. The lowest BCUT2D eigenvalue weighted by molar-refractivity contribution is 0.111. The summed E-state index contributed by atoms with van der Waals surface area (Å²) >= 11 is 0. The highest BCUT2D eigenvalue weighted by molar-refractivity contribution is 5.83. The molecule has 0 aromatic heterocycles. The van der Waals surface area contributed by atoms with Crippen molar-refractivity contribution in [1.82, 2.24) is 0 Å². The van der Waals surface area contributed by atoms with E-state index < -0.39 is 6.16 Å². The van der Waals surface area contributed by atoms with Gasteiger partial charge in [0.25, 0.3) is 0 Å². The predicted molar refractivity (Wildman–Crippen MR) is 88.3 cm³/mol. The number of para-hydroxylation sites is 2. The summed E-state index contributed by atoms with van der Waals surface area (Å²) in [5.74, 6) is 0.187. The van der Waals surface area contributed by atoms with Crippen LogP contribution in [0.4, 0.5) is 4.79 Å². The van der Waals surface area contributed by atoms with E-state index in [1.807, 2.05) is 0 Å². The third-order valence-electron chi connectivity index (χ3n) is 2.48. The Labute approximate surface area is 135 Å². The van der Waals surface area contributed by atoms with Crippen molar-refractivity contribution in [3.05, 3.63) is 72.8 Å². The molecule has 0 saturated heterocycles. The number of carbonyl (C=O) groups excluding carboxylic acids is 3. The molecule has 2 aromatic carbocycles. The second-order valence-corrected chi connectivity index (χ2v) is 3.77. The average Bonchev–Trinajstić information content (AvgIpc) is 2.57. The van der Waals surface area contributed by atoms with Crippen LogP contribution in [-0.4, -0.2) is 18.7 Å². The van der Waals surface area contributed by atoms with E-state index in [4.69, 9.17) is 9.47 Å². The molecule has 0 amide bonds. The van der Waals surface area contributed by atoms with Gasteiger partial charge >= 0.3 is 6.16 Å². The van der Waals surface area contributed by atoms with Gasteiger partial charge in [-0.1, -0.05) is 31.7 Å². The van der Waals surface area contributed by atoms with E-state index in [1.165, 1.54) is 24.3 Å². The van der Waals surface area contributed by atoms with Crippen molar-refractivity contribution in [2.24, 2.45) is 0 Å². The molecule has 0 N–H and O–H groups in total. The van der Waals surface area contributed by atoms with Gasteiger partial charge in [0, 0.05) is 0 Å². The maximum absolute atomic E-state index is 11.6. The van der Waals surface area contributed by atoms with Crippen molar-refractivity contribution in [2.45, 2.75) is 7.43 Å². The molecule has 0 aliphatic heterocycles. The van der Waals surface area contributed by atoms with Gasteiger partial charge in [0.1, 0.15) is 11.5 Å². The van der Waals surface area contributed by atoms with Crippen LogP contribution in [0.5, 0.6) is 11.5 Å². The quantitative estimate of drug-likeness (QED) is 0.363. The second-order valence-electron chi connectivity index (χ2n) is 3.77. The molecule has 2 aromatic rings. The molecule has 0 aliphatic rings. The van der Waals surface area contributed by atoms with E-state index in [0.717, 1.165) is 0 Å². The molecule has 0 unspecified atom stereocenters. The lowest BCUT2D eigenvalue weighted by atomic mass is 10.2. The Bertz CT molecular complexity index is 608. The molecule has 0 aliphatic carbocycles. The third-order valence-corrected chi connectivity index (χ3v) is 2.48. The summed E-state index contributed by atoms with van der Waals surface area (Å²) in [6, 6.07) is 12.5. The van der Waals surface area contributed by atoms with Crippen LogP contribution in [0.3, 0.4) is 0 Å². The second kappa shape index (κ2) is 10.5. The first kappa shape index (κ1) is 19.8. The van der Waals surface area contributed by atoms with E-state index in [9.17, 15) is 14.4 Å². The monoisotopic (exact) mass is 314 g/mol. The van der Waals surface area contributed by atoms with Crippen molar-refractivity contribution in [3.63, 3.8) is 0 Å². The molecule has 5 heteroatoms. The summed E-state index contributed by atoms with van der Waals surface area (Å²) in [5.41, 5.74) is 0.459. The first-order valence-corrected chi connectivity index (χ1v) is 6.22. The predicted octanol–water partition coefficient (Wildman–Crippen LogP) is 4.33. The van der Waals surface area contributed by atoms with Gasteiger partial charge in [-0.05, 0) is 24.3 Å². The zero-order chi connectivity index (χ0) is 16.4. The summed E-state index contributed by atoms with van der Waals surface area (Å²) in [6.07, 6.45) is 0.123. The number of hydrogen-bond acceptors (Lipinski definition) is 5. The maximum Gasteiger partial charge on any atom is 0.519 e. The van der Waals surface area contributed by atoms with Crippen LogP contribution in [0.15, 0.2) is 61.7 Å². The zero-order valence-electron chi connectivity index (χ0n) is 11.7. The fourth-order valence-corrected chi connectivity index (χ4v) is 1.54. The minimum atomic E-state index is -1.02. The Kier molecular flexibility index (Phi) is 9.04. The summed E-state index contributed by atoms with van der Waals surface area (Å²) in [6.45, 7) is 6.00. The van der Waals surface area contributed by atoms with Crippen LogP contribution in [-0.2, 0) is 0 Å².